The van der Waals surface area contributed by atoms with Gasteiger partial charge < -0.3 is 9.47 Å². The molecule has 0 radical (unpaired) electrons. The quantitative estimate of drug-likeness (QED) is 0.605. The van der Waals surface area contributed by atoms with Crippen LogP contribution in [0.15, 0.2) is 23.1 Å². The van der Waals surface area contributed by atoms with Crippen LogP contribution in [0.1, 0.15) is 11.9 Å². The largest absolute Gasteiger partial charge is 0.455 e. The molecule has 0 aliphatic carbocycles. The molecule has 0 N–H and O–H groups in total. The first-order valence-corrected chi connectivity index (χ1v) is 9.75. The predicted molar refractivity (Wildman–Crippen MR) is 71.1 cm³/mol. The second-order valence-electron chi connectivity index (χ2n) is 5.08. The Morgan fingerprint density at radius 2 is 1.72 bits per heavy atom. The Hall–Kier alpha value is -0.883. The van der Waals surface area contributed by atoms with Crippen LogP contribution in [0.5, 0.6) is 0 Å². The summed E-state index contributed by atoms with van der Waals surface area (Å²) in [5.74, 6) is -1.09. The molecule has 1 aromatic rings. The molecular formula is C12H13BrF2O2Si. The number of hydrogen-bond donors (Lipinski definition) is 0. The molecule has 18 heavy (non-hydrogen) atoms. The molecule has 0 spiro atoms. The zero-order chi connectivity index (χ0) is 13.5. The van der Waals surface area contributed by atoms with Gasteiger partial charge in [-0.25, -0.2) is 8.78 Å². The Labute approximate surface area is 114 Å². The molecule has 0 saturated carbocycles. The average molecular weight is 335 g/mol. The normalized spacial score (nSPS) is 15.7. The third-order valence-electron chi connectivity index (χ3n) is 2.65. The van der Waals surface area contributed by atoms with Crippen molar-refractivity contribution in [2.24, 2.45) is 0 Å². The number of hydrogen-bond acceptors (Lipinski definition) is 2. The van der Waals surface area contributed by atoms with Crippen LogP contribution in [0.3, 0.4) is 0 Å². The molecule has 0 saturated heterocycles. The molecule has 0 atom stereocenters. The van der Waals surface area contributed by atoms with Crippen LogP contribution in [0.25, 0.3) is 0 Å². The van der Waals surface area contributed by atoms with Crippen LogP contribution in [0, 0.1) is 11.6 Å². The average Bonchev–Trinajstić information content (AvgIpc) is 2.74. The van der Waals surface area contributed by atoms with Gasteiger partial charge in [-0.3, -0.25) is 0 Å². The lowest BCUT2D eigenvalue weighted by atomic mass is 10.2. The summed E-state index contributed by atoms with van der Waals surface area (Å²) in [7, 11) is -2.09. The lowest BCUT2D eigenvalue weighted by Gasteiger charge is -2.21. The van der Waals surface area contributed by atoms with Crippen LogP contribution in [0.4, 0.5) is 8.78 Å². The lowest BCUT2D eigenvalue weighted by molar-refractivity contribution is -0.0255. The van der Waals surface area contributed by atoms with E-state index >= 15 is 0 Å². The van der Waals surface area contributed by atoms with E-state index in [1.165, 1.54) is 18.6 Å². The Bertz CT molecular complexity index is 504. The van der Waals surface area contributed by atoms with Crippen molar-refractivity contribution in [2.45, 2.75) is 25.9 Å². The van der Waals surface area contributed by atoms with Gasteiger partial charge in [-0.15, -0.1) is 0 Å². The molecule has 0 unspecified atom stereocenters. The lowest BCUT2D eigenvalue weighted by Crippen LogP contribution is -2.43. The summed E-state index contributed by atoms with van der Waals surface area (Å²) in [6.07, 6.45) is 1.90. The van der Waals surface area contributed by atoms with Crippen LogP contribution < -0.4 is 5.19 Å². The Morgan fingerprint density at radius 3 is 2.22 bits per heavy atom. The van der Waals surface area contributed by atoms with Gasteiger partial charge in [0.2, 0.25) is 0 Å². The molecule has 1 aliphatic rings. The summed E-state index contributed by atoms with van der Waals surface area (Å²) in [5, 5.41) is 0.184. The minimum Gasteiger partial charge on any atom is -0.455 e. The second-order valence-corrected chi connectivity index (χ2v) is 10.9. The van der Waals surface area contributed by atoms with E-state index < -0.39 is 26.0 Å². The number of rotatable bonds is 2. The highest BCUT2D eigenvalue weighted by atomic mass is 79.9. The van der Waals surface area contributed by atoms with Gasteiger partial charge in [-0.2, -0.15) is 0 Å². The summed E-state index contributed by atoms with van der Waals surface area (Å²) < 4.78 is 38.8. The SMILES string of the molecule is C[Si](C)(C)c1c(F)cc(C2OC=CO2)c(Br)c1F. The van der Waals surface area contributed by atoms with Gasteiger partial charge >= 0.3 is 0 Å². The van der Waals surface area contributed by atoms with Gasteiger partial charge in [-0.1, -0.05) is 19.6 Å². The van der Waals surface area contributed by atoms with E-state index in [0.717, 1.165) is 0 Å². The second kappa shape index (κ2) is 4.66. The molecule has 0 aromatic heterocycles. The highest BCUT2D eigenvalue weighted by Crippen LogP contribution is 2.32. The highest BCUT2D eigenvalue weighted by molar-refractivity contribution is 9.10. The minimum atomic E-state index is -2.09. The maximum absolute atomic E-state index is 14.3. The van der Waals surface area contributed by atoms with Crippen LogP contribution in [0.2, 0.25) is 19.6 Å². The Balaban J connectivity index is 2.54. The van der Waals surface area contributed by atoms with E-state index in [1.807, 2.05) is 19.6 Å². The van der Waals surface area contributed by atoms with E-state index in [4.69, 9.17) is 9.47 Å². The van der Waals surface area contributed by atoms with E-state index in [0.29, 0.717) is 5.56 Å². The van der Waals surface area contributed by atoms with E-state index in [-0.39, 0.29) is 9.66 Å². The maximum atomic E-state index is 14.3. The van der Waals surface area contributed by atoms with Gasteiger partial charge in [0.15, 0.2) is 0 Å². The van der Waals surface area contributed by atoms with Crippen molar-refractivity contribution < 1.29 is 18.3 Å². The van der Waals surface area contributed by atoms with Gasteiger partial charge in [-0.05, 0) is 22.0 Å². The summed E-state index contributed by atoms with van der Waals surface area (Å²) in [6.45, 7) is 5.68. The fourth-order valence-electron chi connectivity index (χ4n) is 1.86. The Morgan fingerprint density at radius 1 is 1.17 bits per heavy atom. The molecule has 0 amide bonds. The number of ether oxygens (including phenoxy) is 2. The molecular weight excluding hydrogens is 322 g/mol. The molecule has 0 fully saturated rings. The van der Waals surface area contributed by atoms with E-state index in [2.05, 4.69) is 15.9 Å². The summed E-state index contributed by atoms with van der Waals surface area (Å²) in [6, 6.07) is 1.28. The monoisotopic (exact) mass is 334 g/mol. The summed E-state index contributed by atoms with van der Waals surface area (Å²) in [5.41, 5.74) is 0.317. The van der Waals surface area contributed by atoms with Gasteiger partial charge in [0, 0.05) is 5.19 Å². The van der Waals surface area contributed by atoms with Crippen molar-refractivity contribution in [3.8, 4) is 0 Å². The maximum Gasteiger partial charge on any atom is 0.267 e. The minimum absolute atomic E-state index is 0.184. The summed E-state index contributed by atoms with van der Waals surface area (Å²) >= 11 is 3.16. The fourth-order valence-corrected chi connectivity index (χ4v) is 4.11. The first-order valence-electron chi connectivity index (χ1n) is 5.46. The molecule has 1 aliphatic heterocycles. The molecule has 6 heteroatoms. The Kier molecular flexibility index (Phi) is 3.51. The third-order valence-corrected chi connectivity index (χ3v) is 5.41. The number of halogens is 3. The molecule has 2 rings (SSSR count). The van der Waals surface area contributed by atoms with Gasteiger partial charge in [0.25, 0.3) is 6.29 Å². The smallest absolute Gasteiger partial charge is 0.267 e. The first-order chi connectivity index (χ1) is 8.32. The predicted octanol–water partition coefficient (Wildman–Crippen LogP) is 3.79. The van der Waals surface area contributed by atoms with E-state index in [9.17, 15) is 8.78 Å². The third kappa shape index (κ3) is 2.31. The van der Waals surface area contributed by atoms with Crippen molar-refractivity contribution in [1.82, 2.24) is 0 Å². The topological polar surface area (TPSA) is 18.5 Å². The highest BCUT2D eigenvalue weighted by Gasteiger charge is 2.31. The summed E-state index contributed by atoms with van der Waals surface area (Å²) in [4.78, 5) is 0. The van der Waals surface area contributed by atoms with Crippen molar-refractivity contribution >= 4 is 29.2 Å². The molecule has 1 heterocycles. The fraction of sp³-hybridized carbons (Fsp3) is 0.333. The molecule has 0 bridgehead atoms. The van der Waals surface area contributed by atoms with Gasteiger partial charge in [0.05, 0.1) is 18.1 Å². The molecule has 98 valence electrons. The zero-order valence-electron chi connectivity index (χ0n) is 10.3. The molecule has 1 aromatic carbocycles. The molecule has 2 nitrogen and oxygen atoms in total. The van der Waals surface area contributed by atoms with E-state index in [1.54, 1.807) is 0 Å². The van der Waals surface area contributed by atoms with Crippen molar-refractivity contribution in [2.75, 3.05) is 0 Å². The standard InChI is InChI=1S/C12H13BrF2O2Si/c1-18(2,3)11-8(14)6-7(9(13)10(11)15)12-16-4-5-17-12/h4-6,12H,1-3H3. The van der Waals surface area contributed by atoms with Crippen LogP contribution in [-0.4, -0.2) is 8.07 Å². The van der Waals surface area contributed by atoms with Gasteiger partial charge in [0.1, 0.15) is 24.2 Å². The zero-order valence-corrected chi connectivity index (χ0v) is 12.8. The van der Waals surface area contributed by atoms with Crippen molar-refractivity contribution in [3.05, 3.63) is 40.3 Å². The van der Waals surface area contributed by atoms with Crippen molar-refractivity contribution in [1.29, 1.82) is 0 Å². The first kappa shape index (κ1) is 13.5. The van der Waals surface area contributed by atoms with Crippen molar-refractivity contribution in [3.63, 3.8) is 0 Å². The van der Waals surface area contributed by atoms with Crippen LogP contribution >= 0.6 is 15.9 Å². The van der Waals surface area contributed by atoms with Crippen LogP contribution in [-0.2, 0) is 9.47 Å². The number of benzene rings is 1.